The number of carboxylic acid groups (broad SMARTS) is 1. The molecule has 0 aromatic rings. The highest BCUT2D eigenvalue weighted by Crippen LogP contribution is 2.10. The second-order valence-electron chi connectivity index (χ2n) is 3.53. The fourth-order valence-electron chi connectivity index (χ4n) is 1.49. The molecule has 18 heavy (non-hydrogen) atoms. The highest BCUT2D eigenvalue weighted by molar-refractivity contribution is 6.18. The van der Waals surface area contributed by atoms with Crippen LogP contribution < -0.4 is 11.2 Å². The van der Waals surface area contributed by atoms with Crippen molar-refractivity contribution in [3.05, 3.63) is 4.91 Å². The second kappa shape index (κ2) is 9.60. The van der Waals surface area contributed by atoms with Crippen molar-refractivity contribution in [2.45, 2.75) is 25.3 Å². The summed E-state index contributed by atoms with van der Waals surface area (Å²) in [6, 6.07) is -1.91. The highest BCUT2D eigenvalue weighted by atomic mass is 35.5. The highest BCUT2D eigenvalue weighted by Gasteiger charge is 2.28. The third-order valence-electron chi connectivity index (χ3n) is 2.32. The summed E-state index contributed by atoms with van der Waals surface area (Å²) in [6.07, 6.45) is 1.47. The first-order chi connectivity index (χ1) is 8.58. The van der Waals surface area contributed by atoms with E-state index in [0.29, 0.717) is 19.4 Å². The molecule has 0 heterocycles. The maximum atomic E-state index is 11.5. The molecule has 0 aromatic heterocycles. The predicted molar refractivity (Wildman–Crippen MR) is 66.1 cm³/mol. The van der Waals surface area contributed by atoms with E-state index in [-0.39, 0.29) is 18.8 Å². The minimum absolute atomic E-state index is 0.0164. The Morgan fingerprint density at radius 1 is 1.44 bits per heavy atom. The Morgan fingerprint density at radius 2 is 2.11 bits per heavy atom. The Balaban J connectivity index is 4.69. The second-order valence-corrected chi connectivity index (χ2v) is 3.91. The maximum Gasteiger partial charge on any atom is 0.341 e. The Morgan fingerprint density at radius 3 is 2.56 bits per heavy atom. The molecule has 0 saturated heterocycles. The number of unbranched alkanes of at least 4 members (excludes halogenated alkanes) is 1. The minimum Gasteiger partial charge on any atom is -0.480 e. The van der Waals surface area contributed by atoms with Crippen LogP contribution >= 0.6 is 11.6 Å². The van der Waals surface area contributed by atoms with Gasteiger partial charge in [-0.3, -0.25) is 0 Å². The lowest BCUT2D eigenvalue weighted by Gasteiger charge is -2.27. The fourth-order valence-corrected chi connectivity index (χ4v) is 1.67. The van der Waals surface area contributed by atoms with Gasteiger partial charge in [0.05, 0.1) is 5.29 Å². The molecule has 0 rings (SSSR count). The van der Waals surface area contributed by atoms with Crippen molar-refractivity contribution in [2.75, 3.05) is 19.0 Å². The largest absolute Gasteiger partial charge is 0.480 e. The number of amides is 2. The minimum atomic E-state index is -1.15. The predicted octanol–water partition coefficient (Wildman–Crippen LogP) is 0.500. The standard InChI is InChI=1S/C9H17ClN4O4/c10-4-6-14(9(17)12-13-18)7(8(15)16)3-1-2-5-11/h7H,1-6,11H2,(H,15,16)(H,12,17,18)/t7-/m0/s1. The smallest absolute Gasteiger partial charge is 0.341 e. The molecule has 104 valence electrons. The van der Waals surface area contributed by atoms with Crippen molar-refractivity contribution in [1.82, 2.24) is 10.3 Å². The zero-order chi connectivity index (χ0) is 14.0. The van der Waals surface area contributed by atoms with Gasteiger partial charge in [0.1, 0.15) is 6.04 Å². The summed E-state index contributed by atoms with van der Waals surface area (Å²) >= 11 is 5.51. The molecule has 0 aliphatic carbocycles. The molecule has 4 N–H and O–H groups in total. The maximum absolute atomic E-state index is 11.5. The third kappa shape index (κ3) is 5.78. The van der Waals surface area contributed by atoms with E-state index in [1.54, 1.807) is 5.43 Å². The van der Waals surface area contributed by atoms with Gasteiger partial charge in [0.2, 0.25) is 0 Å². The van der Waals surface area contributed by atoms with Crippen LogP contribution in [0.5, 0.6) is 0 Å². The van der Waals surface area contributed by atoms with Gasteiger partial charge in [0.25, 0.3) is 0 Å². The van der Waals surface area contributed by atoms with E-state index < -0.39 is 18.0 Å². The van der Waals surface area contributed by atoms with Gasteiger partial charge in [-0.05, 0) is 25.8 Å². The summed E-state index contributed by atoms with van der Waals surface area (Å²) in [7, 11) is 0. The molecular formula is C9H17ClN4O4. The number of nitroso groups, excluding NO2 is 1. The van der Waals surface area contributed by atoms with Crippen LogP contribution in [0, 0.1) is 4.91 Å². The van der Waals surface area contributed by atoms with Crippen LogP contribution in [-0.4, -0.2) is 47.0 Å². The first-order valence-electron chi connectivity index (χ1n) is 5.46. The number of nitrogens with zero attached hydrogens (tertiary/aromatic N) is 2. The number of halogens is 1. The lowest BCUT2D eigenvalue weighted by atomic mass is 10.1. The Bertz CT molecular complexity index is 290. The number of rotatable bonds is 9. The topological polar surface area (TPSA) is 125 Å². The van der Waals surface area contributed by atoms with E-state index >= 15 is 0 Å². The molecule has 0 radical (unpaired) electrons. The quantitative estimate of drug-likeness (QED) is 0.245. The summed E-state index contributed by atoms with van der Waals surface area (Å²) in [6.45, 7) is 0.465. The van der Waals surface area contributed by atoms with Gasteiger partial charge in [-0.1, -0.05) is 0 Å². The Labute approximate surface area is 109 Å². The Kier molecular flexibility index (Phi) is 8.85. The number of nitrogens with one attached hydrogen (secondary N) is 1. The molecule has 8 nitrogen and oxygen atoms in total. The Hall–Kier alpha value is -1.41. The van der Waals surface area contributed by atoms with E-state index in [1.807, 2.05) is 0 Å². The van der Waals surface area contributed by atoms with E-state index in [0.717, 1.165) is 4.90 Å². The number of urea groups is 1. The van der Waals surface area contributed by atoms with Crippen molar-refractivity contribution >= 4 is 23.6 Å². The van der Waals surface area contributed by atoms with E-state index in [1.165, 1.54) is 0 Å². The molecule has 1 atom stereocenters. The molecule has 0 aliphatic heterocycles. The number of hydrogen-bond donors (Lipinski definition) is 3. The number of carbonyl (C=O) groups excluding carboxylic acids is 1. The molecule has 0 spiro atoms. The van der Waals surface area contributed by atoms with Crippen molar-refractivity contribution in [1.29, 1.82) is 0 Å². The zero-order valence-corrected chi connectivity index (χ0v) is 10.6. The number of aliphatic carboxylic acids is 1. The van der Waals surface area contributed by atoms with Gasteiger partial charge >= 0.3 is 12.0 Å². The SMILES string of the molecule is NCCCC[C@@H](C(=O)O)N(CCCl)C(=O)NN=O. The van der Waals surface area contributed by atoms with Crippen molar-refractivity contribution < 1.29 is 14.7 Å². The van der Waals surface area contributed by atoms with Crippen LogP contribution in [0.2, 0.25) is 0 Å². The van der Waals surface area contributed by atoms with Gasteiger partial charge in [0.15, 0.2) is 0 Å². The molecule has 0 bridgehead atoms. The van der Waals surface area contributed by atoms with Gasteiger partial charge in [-0.2, -0.15) is 5.43 Å². The number of nitrogens with two attached hydrogens (primary N) is 1. The lowest BCUT2D eigenvalue weighted by molar-refractivity contribution is -0.142. The normalized spacial score (nSPS) is 11.7. The lowest BCUT2D eigenvalue weighted by Crippen LogP contribution is -2.49. The summed E-state index contributed by atoms with van der Waals surface area (Å²) < 4.78 is 0. The van der Waals surface area contributed by atoms with Gasteiger partial charge in [-0.15, -0.1) is 16.5 Å². The molecule has 0 unspecified atom stereocenters. The van der Waals surface area contributed by atoms with Crippen LogP contribution in [-0.2, 0) is 4.79 Å². The van der Waals surface area contributed by atoms with Gasteiger partial charge in [0, 0.05) is 12.4 Å². The average Bonchev–Trinajstić information content (AvgIpc) is 2.32. The number of hydrogen-bond acceptors (Lipinski definition) is 5. The van der Waals surface area contributed by atoms with Gasteiger partial charge in [-0.25, -0.2) is 9.59 Å². The molecule has 0 saturated carbocycles. The number of carboxylic acids is 1. The zero-order valence-electron chi connectivity index (χ0n) is 9.84. The first kappa shape index (κ1) is 16.6. The van der Waals surface area contributed by atoms with E-state index in [2.05, 4.69) is 5.29 Å². The molecule has 9 heteroatoms. The molecular weight excluding hydrogens is 264 g/mol. The van der Waals surface area contributed by atoms with Crippen molar-refractivity contribution in [3.8, 4) is 0 Å². The van der Waals surface area contributed by atoms with Gasteiger partial charge < -0.3 is 15.7 Å². The number of alkyl halides is 1. The molecule has 0 aliphatic rings. The molecule has 0 fully saturated rings. The van der Waals surface area contributed by atoms with E-state index in [9.17, 15) is 14.5 Å². The summed E-state index contributed by atoms with van der Waals surface area (Å²) in [5.41, 5.74) is 6.98. The molecule has 2 amide bonds. The average molecular weight is 281 g/mol. The van der Waals surface area contributed by atoms with Crippen LogP contribution in [0.4, 0.5) is 4.79 Å². The van der Waals surface area contributed by atoms with Crippen LogP contribution in [0.15, 0.2) is 5.29 Å². The summed E-state index contributed by atoms with van der Waals surface area (Å²) in [5, 5.41) is 11.3. The third-order valence-corrected chi connectivity index (χ3v) is 2.49. The van der Waals surface area contributed by atoms with E-state index in [4.69, 9.17) is 22.4 Å². The molecule has 0 aromatic carbocycles. The monoisotopic (exact) mass is 280 g/mol. The summed E-state index contributed by atoms with van der Waals surface area (Å²) in [5.74, 6) is -1.09. The van der Waals surface area contributed by atoms with Crippen LogP contribution in [0.1, 0.15) is 19.3 Å². The fraction of sp³-hybridized carbons (Fsp3) is 0.778. The first-order valence-corrected chi connectivity index (χ1v) is 5.99. The van der Waals surface area contributed by atoms with Crippen molar-refractivity contribution in [3.63, 3.8) is 0 Å². The van der Waals surface area contributed by atoms with Crippen molar-refractivity contribution in [2.24, 2.45) is 11.0 Å². The van der Waals surface area contributed by atoms with Crippen LogP contribution in [0.25, 0.3) is 0 Å². The summed E-state index contributed by atoms with van der Waals surface area (Å²) in [4.78, 5) is 33.6. The number of carbonyl (C=O) groups is 2. The van der Waals surface area contributed by atoms with Crippen LogP contribution in [0.3, 0.4) is 0 Å².